The van der Waals surface area contributed by atoms with Gasteiger partial charge in [0.1, 0.15) is 0 Å². The van der Waals surface area contributed by atoms with Crippen LogP contribution in [0.4, 0.5) is 0 Å². The van der Waals surface area contributed by atoms with Gasteiger partial charge >= 0.3 is 6.92 Å². The lowest BCUT2D eigenvalue weighted by Crippen LogP contribution is -2.55. The predicted octanol–water partition coefficient (Wildman–Crippen LogP) is 3.85. The molecule has 3 heteroatoms. The Balaban J connectivity index is 2.08. The highest BCUT2D eigenvalue weighted by Gasteiger charge is 2.41. The minimum Gasteiger partial charge on any atom is -0.428 e. The smallest absolute Gasteiger partial charge is 0.320 e. The van der Waals surface area contributed by atoms with E-state index in [1.165, 1.54) is 5.56 Å². The molecule has 0 aliphatic carbocycles. The van der Waals surface area contributed by atoms with Crippen molar-refractivity contribution in [3.8, 4) is 0 Å². The molecule has 1 aromatic carbocycles. The summed E-state index contributed by atoms with van der Waals surface area (Å²) in [7, 11) is 0. The van der Waals surface area contributed by atoms with Crippen LogP contribution in [0.2, 0.25) is 6.82 Å². The Morgan fingerprint density at radius 1 is 1.00 bits per heavy atom. The summed E-state index contributed by atoms with van der Waals surface area (Å²) >= 11 is 0. The normalized spacial score (nSPS) is 27.4. The summed E-state index contributed by atoms with van der Waals surface area (Å²) in [4.78, 5) is 0. The molecule has 0 unspecified atom stereocenters. The first-order chi connectivity index (χ1) is 9.49. The highest BCUT2D eigenvalue weighted by Crippen LogP contribution is 2.29. The molecule has 0 saturated carbocycles. The van der Waals surface area contributed by atoms with Crippen molar-refractivity contribution in [1.29, 1.82) is 0 Å². The average Bonchev–Trinajstić information content (AvgIpc) is 2.41. The second kappa shape index (κ2) is 6.77. The summed E-state index contributed by atoms with van der Waals surface area (Å²) in [6.45, 7) is 11.2. The van der Waals surface area contributed by atoms with E-state index in [-0.39, 0.29) is 25.1 Å². The molecule has 110 valence electrons. The molecule has 1 aromatic rings. The van der Waals surface area contributed by atoms with Gasteiger partial charge in [-0.15, -0.1) is 0 Å². The van der Waals surface area contributed by atoms with Crippen LogP contribution in [0.5, 0.6) is 0 Å². The zero-order valence-corrected chi connectivity index (χ0v) is 13.4. The highest BCUT2D eigenvalue weighted by atomic mass is 16.6. The Morgan fingerprint density at radius 3 is 2.15 bits per heavy atom. The summed E-state index contributed by atoms with van der Waals surface area (Å²) in [5.41, 5.74) is 1.32. The molecule has 1 aliphatic heterocycles. The minimum absolute atomic E-state index is 0.151. The predicted molar refractivity (Wildman–Crippen MR) is 85.0 cm³/mol. The summed E-state index contributed by atoms with van der Waals surface area (Å²) in [5, 5.41) is 0. The molecule has 0 amide bonds. The van der Waals surface area contributed by atoms with Crippen LogP contribution in [0.15, 0.2) is 30.3 Å². The molecule has 1 fully saturated rings. The largest absolute Gasteiger partial charge is 0.428 e. The van der Waals surface area contributed by atoms with Crippen molar-refractivity contribution in [2.75, 3.05) is 0 Å². The van der Waals surface area contributed by atoms with Gasteiger partial charge < -0.3 is 9.39 Å². The van der Waals surface area contributed by atoms with Crippen LogP contribution >= 0.6 is 0 Å². The van der Waals surface area contributed by atoms with Crippen LogP contribution in [-0.4, -0.2) is 25.1 Å². The number of hydrogen-bond donors (Lipinski definition) is 0. The molecule has 20 heavy (non-hydrogen) atoms. The monoisotopic (exact) mass is 274 g/mol. The Bertz CT molecular complexity index is 405. The van der Waals surface area contributed by atoms with Gasteiger partial charge in [0.25, 0.3) is 0 Å². The molecule has 1 heterocycles. The molecule has 3 atom stereocenters. The van der Waals surface area contributed by atoms with Crippen LogP contribution in [0.25, 0.3) is 0 Å². The van der Waals surface area contributed by atoms with Crippen molar-refractivity contribution in [1.82, 2.24) is 0 Å². The Hall–Kier alpha value is -0.795. The number of hydrogen-bond acceptors (Lipinski definition) is 2. The van der Waals surface area contributed by atoms with E-state index < -0.39 is 0 Å². The summed E-state index contributed by atoms with van der Waals surface area (Å²) in [6, 6.07) is 10.7. The average molecular weight is 274 g/mol. The molecule has 1 aliphatic rings. The summed E-state index contributed by atoms with van der Waals surface area (Å²) < 4.78 is 12.7. The first kappa shape index (κ1) is 15.6. The summed E-state index contributed by atoms with van der Waals surface area (Å²) in [6.07, 6.45) is 1.33. The fourth-order valence-corrected chi connectivity index (χ4v) is 2.94. The van der Waals surface area contributed by atoms with Gasteiger partial charge in [-0.25, -0.2) is 0 Å². The quantitative estimate of drug-likeness (QED) is 0.776. The van der Waals surface area contributed by atoms with E-state index in [1.807, 2.05) is 0 Å². The first-order valence-electron chi connectivity index (χ1n) is 7.84. The van der Waals surface area contributed by atoms with Gasteiger partial charge in [0, 0.05) is 0 Å². The topological polar surface area (TPSA) is 18.5 Å². The molecular formula is C17H27BO2. The third kappa shape index (κ3) is 3.65. The number of rotatable bonds is 4. The Labute approximate surface area is 124 Å². The van der Waals surface area contributed by atoms with Gasteiger partial charge in [0.15, 0.2) is 0 Å². The van der Waals surface area contributed by atoms with Gasteiger partial charge in [-0.3, -0.25) is 0 Å². The van der Waals surface area contributed by atoms with Crippen molar-refractivity contribution in [2.24, 2.45) is 11.8 Å². The van der Waals surface area contributed by atoms with E-state index in [9.17, 15) is 0 Å². The fraction of sp³-hybridized carbons (Fsp3) is 0.647. The maximum Gasteiger partial charge on any atom is 0.320 e. The van der Waals surface area contributed by atoms with E-state index in [0.717, 1.165) is 6.42 Å². The van der Waals surface area contributed by atoms with Gasteiger partial charge in [-0.1, -0.05) is 64.8 Å². The molecule has 0 aromatic heterocycles. The standard InChI is InChI=1S/C17H27BO2/c1-12(2)16-17(13(3)4)20-18(5)15(19-16)11-14-9-7-6-8-10-14/h6-10,12-13,15-17H,11H2,1-5H3/t15-,16-,17-/m0/s1. The van der Waals surface area contributed by atoms with E-state index in [2.05, 4.69) is 64.8 Å². The fourth-order valence-electron chi connectivity index (χ4n) is 2.94. The zero-order valence-electron chi connectivity index (χ0n) is 13.4. The second-order valence-electron chi connectivity index (χ2n) is 6.62. The van der Waals surface area contributed by atoms with E-state index >= 15 is 0 Å². The molecule has 0 bridgehead atoms. The molecule has 0 radical (unpaired) electrons. The molecule has 0 spiro atoms. The minimum atomic E-state index is 0.151. The van der Waals surface area contributed by atoms with Gasteiger partial charge in [-0.2, -0.15) is 0 Å². The van der Waals surface area contributed by atoms with Crippen LogP contribution in [0.3, 0.4) is 0 Å². The zero-order chi connectivity index (χ0) is 14.7. The van der Waals surface area contributed by atoms with Crippen LogP contribution in [0.1, 0.15) is 33.3 Å². The third-order valence-corrected chi connectivity index (χ3v) is 4.14. The highest BCUT2D eigenvalue weighted by molar-refractivity contribution is 6.52. The van der Waals surface area contributed by atoms with Crippen molar-refractivity contribution in [3.05, 3.63) is 35.9 Å². The summed E-state index contributed by atoms with van der Waals surface area (Å²) in [5.74, 6) is 0.968. The molecule has 0 N–H and O–H groups in total. The van der Waals surface area contributed by atoms with Gasteiger partial charge in [-0.05, 0) is 23.8 Å². The van der Waals surface area contributed by atoms with Crippen molar-refractivity contribution >= 4 is 6.92 Å². The lowest BCUT2D eigenvalue weighted by Gasteiger charge is -2.43. The van der Waals surface area contributed by atoms with Crippen molar-refractivity contribution < 1.29 is 9.39 Å². The number of ether oxygens (including phenoxy) is 1. The number of benzene rings is 1. The first-order valence-corrected chi connectivity index (χ1v) is 7.84. The molecule has 1 saturated heterocycles. The SMILES string of the molecule is CB1O[C@@H](C(C)C)[C@H](C(C)C)O[C@H]1Cc1ccccc1. The van der Waals surface area contributed by atoms with Crippen LogP contribution < -0.4 is 0 Å². The van der Waals surface area contributed by atoms with Gasteiger partial charge in [0.05, 0.1) is 18.2 Å². The Morgan fingerprint density at radius 2 is 1.60 bits per heavy atom. The molecule has 2 nitrogen and oxygen atoms in total. The van der Waals surface area contributed by atoms with E-state index in [1.54, 1.807) is 0 Å². The van der Waals surface area contributed by atoms with Gasteiger partial charge in [0.2, 0.25) is 0 Å². The van der Waals surface area contributed by atoms with E-state index in [4.69, 9.17) is 9.39 Å². The Kier molecular flexibility index (Phi) is 5.28. The maximum atomic E-state index is 6.41. The lowest BCUT2D eigenvalue weighted by atomic mass is 9.60. The van der Waals surface area contributed by atoms with Crippen molar-refractivity contribution in [2.45, 2.75) is 59.2 Å². The van der Waals surface area contributed by atoms with Crippen LogP contribution in [-0.2, 0) is 15.8 Å². The van der Waals surface area contributed by atoms with E-state index in [0.29, 0.717) is 11.8 Å². The van der Waals surface area contributed by atoms with Crippen LogP contribution in [0, 0.1) is 11.8 Å². The second-order valence-corrected chi connectivity index (χ2v) is 6.62. The maximum absolute atomic E-state index is 6.41. The van der Waals surface area contributed by atoms with Crippen molar-refractivity contribution in [3.63, 3.8) is 0 Å². The third-order valence-electron chi connectivity index (χ3n) is 4.14. The molecular weight excluding hydrogens is 247 g/mol. The lowest BCUT2D eigenvalue weighted by molar-refractivity contribution is -0.117. The molecule has 2 rings (SSSR count).